The number of amides is 1. The Hall–Kier alpha value is -3.27. The topological polar surface area (TPSA) is 59.1 Å². The molecule has 1 aromatic heterocycles. The van der Waals surface area contributed by atoms with Crippen LogP contribution in [0.4, 0.5) is 5.69 Å². The van der Waals surface area contributed by atoms with Gasteiger partial charge in [-0.25, -0.2) is 0 Å². The fraction of sp³-hybridized carbons (Fsp3) is 0. The van der Waals surface area contributed by atoms with Crippen LogP contribution in [0.2, 0.25) is 0 Å². The van der Waals surface area contributed by atoms with Gasteiger partial charge in [0.25, 0.3) is 0 Å². The fourth-order valence-corrected chi connectivity index (χ4v) is 4.70. The molecule has 0 bridgehead atoms. The Bertz CT molecular complexity index is 1150. The molecule has 4 aromatic rings. The van der Waals surface area contributed by atoms with Gasteiger partial charge in [0, 0.05) is 0 Å². The number of aromatic nitrogens is 1. The molecule has 0 spiro atoms. The van der Waals surface area contributed by atoms with E-state index in [2.05, 4.69) is 10.3 Å². The Morgan fingerprint density at radius 2 is 1.54 bits per heavy atom. The number of pyridine rings is 1. The van der Waals surface area contributed by atoms with Gasteiger partial charge in [-0.1, -0.05) is 0 Å². The number of hydrogen-bond donors (Lipinski definition) is 1. The van der Waals surface area contributed by atoms with Crippen molar-refractivity contribution in [3.8, 4) is 0 Å². The summed E-state index contributed by atoms with van der Waals surface area (Å²) in [5.74, 6) is -0.239. The van der Waals surface area contributed by atoms with Gasteiger partial charge in [0.2, 0.25) is 0 Å². The monoisotopic (exact) mass is 432 g/mol. The van der Waals surface area contributed by atoms with Crippen LogP contribution in [0.1, 0.15) is 20.7 Å². The molecular formula is C23H16N2O2Se. The number of anilines is 1. The summed E-state index contributed by atoms with van der Waals surface area (Å²) in [5.41, 5.74) is 2.57. The van der Waals surface area contributed by atoms with E-state index in [0.717, 1.165) is 15.4 Å². The Balaban J connectivity index is 1.61. The summed E-state index contributed by atoms with van der Waals surface area (Å²) in [4.78, 5) is 29.9. The van der Waals surface area contributed by atoms with Crippen molar-refractivity contribution in [1.82, 2.24) is 4.98 Å². The second-order valence-electron chi connectivity index (χ2n) is 6.09. The maximum absolute atomic E-state index is 13.0. The average Bonchev–Trinajstić information content (AvgIpc) is 2.75. The molecule has 4 rings (SSSR count). The second kappa shape index (κ2) is 8.17. The maximum atomic E-state index is 13.0. The summed E-state index contributed by atoms with van der Waals surface area (Å²) in [6.07, 6.45) is 1.70. The Kier molecular flexibility index (Phi) is 5.29. The van der Waals surface area contributed by atoms with Crippen molar-refractivity contribution in [2.24, 2.45) is 0 Å². The first-order chi connectivity index (χ1) is 13.7. The molecule has 0 fully saturated rings. The minimum absolute atomic E-state index is 0.0418. The number of nitrogens with one attached hydrogen (secondary N) is 1. The van der Waals surface area contributed by atoms with Gasteiger partial charge in [-0.05, 0) is 0 Å². The Labute approximate surface area is 168 Å². The normalized spacial score (nSPS) is 10.6. The van der Waals surface area contributed by atoms with Crippen molar-refractivity contribution in [3.63, 3.8) is 0 Å². The van der Waals surface area contributed by atoms with E-state index in [4.69, 9.17) is 0 Å². The zero-order valence-electron chi connectivity index (χ0n) is 14.8. The molecule has 0 unspecified atom stereocenters. The molecule has 0 aliphatic carbocycles. The summed E-state index contributed by atoms with van der Waals surface area (Å²) in [5, 5.41) is 3.91. The summed E-state index contributed by atoms with van der Waals surface area (Å²) in [6, 6.07) is 25.9. The fourth-order valence-electron chi connectivity index (χ4n) is 2.87. The van der Waals surface area contributed by atoms with Gasteiger partial charge in [0.1, 0.15) is 0 Å². The predicted octanol–water partition coefficient (Wildman–Crippen LogP) is 3.66. The van der Waals surface area contributed by atoms with Gasteiger partial charge >= 0.3 is 169 Å². The molecule has 1 N–H and O–H groups in total. The van der Waals surface area contributed by atoms with E-state index in [0.29, 0.717) is 16.8 Å². The van der Waals surface area contributed by atoms with E-state index in [1.807, 2.05) is 66.7 Å². The van der Waals surface area contributed by atoms with E-state index in [1.165, 1.54) is 0 Å². The zero-order chi connectivity index (χ0) is 19.3. The molecular weight excluding hydrogens is 415 g/mol. The zero-order valence-corrected chi connectivity index (χ0v) is 16.5. The third-order valence-electron chi connectivity index (χ3n) is 4.22. The van der Waals surface area contributed by atoms with Crippen LogP contribution in [-0.2, 0) is 0 Å². The number of hydrogen-bond acceptors (Lipinski definition) is 3. The first-order valence-electron chi connectivity index (χ1n) is 8.74. The Morgan fingerprint density at radius 1 is 0.786 bits per heavy atom. The number of carbonyl (C=O) groups is 2. The first-order valence-corrected chi connectivity index (χ1v) is 10.4. The summed E-state index contributed by atoms with van der Waals surface area (Å²) < 4.78 is 0.801. The molecule has 0 saturated heterocycles. The van der Waals surface area contributed by atoms with Crippen LogP contribution in [0.15, 0.2) is 91.1 Å². The van der Waals surface area contributed by atoms with Gasteiger partial charge in [0.15, 0.2) is 0 Å². The number of nitrogens with zero attached hydrogens (tertiary/aromatic N) is 1. The molecule has 1 heterocycles. The summed E-state index contributed by atoms with van der Waals surface area (Å²) in [7, 11) is 0. The molecule has 136 valence electrons. The van der Waals surface area contributed by atoms with Gasteiger partial charge in [-0.15, -0.1) is 0 Å². The first kappa shape index (κ1) is 18.1. The van der Waals surface area contributed by atoms with Crippen LogP contribution in [0.25, 0.3) is 10.9 Å². The van der Waals surface area contributed by atoms with Gasteiger partial charge in [0.05, 0.1) is 0 Å². The molecule has 5 heteroatoms. The van der Waals surface area contributed by atoms with Crippen LogP contribution in [-0.4, -0.2) is 30.5 Å². The van der Waals surface area contributed by atoms with Crippen LogP contribution in [0.3, 0.4) is 0 Å². The molecule has 0 atom stereocenters. The van der Waals surface area contributed by atoms with E-state index < -0.39 is 15.0 Å². The van der Waals surface area contributed by atoms with Crippen molar-refractivity contribution in [1.29, 1.82) is 0 Å². The molecule has 4 nitrogen and oxygen atoms in total. The van der Waals surface area contributed by atoms with Crippen molar-refractivity contribution in [2.75, 3.05) is 5.32 Å². The summed E-state index contributed by atoms with van der Waals surface area (Å²) >= 11 is -0.494. The molecule has 28 heavy (non-hydrogen) atoms. The minimum atomic E-state index is -0.494. The Morgan fingerprint density at radius 3 is 2.39 bits per heavy atom. The van der Waals surface area contributed by atoms with Crippen LogP contribution in [0, 0.1) is 0 Å². The summed E-state index contributed by atoms with van der Waals surface area (Å²) in [6.45, 7) is 0. The standard InChI is InChI=1S/C23H16N2O2Se/c26-22(25-19-13-6-10-16-11-7-15-24-21(16)19)18-12-4-5-14-20(18)28-23(27)17-8-2-1-3-9-17/h1-15H,(H,25,26). The van der Waals surface area contributed by atoms with E-state index >= 15 is 0 Å². The van der Waals surface area contributed by atoms with Crippen molar-refractivity contribution in [3.05, 3.63) is 102 Å². The third-order valence-corrected chi connectivity index (χ3v) is 6.32. The van der Waals surface area contributed by atoms with Crippen LogP contribution in [0.5, 0.6) is 0 Å². The van der Waals surface area contributed by atoms with Crippen LogP contribution >= 0.6 is 0 Å². The van der Waals surface area contributed by atoms with E-state index in [1.54, 1.807) is 24.4 Å². The van der Waals surface area contributed by atoms with Gasteiger partial charge in [-0.2, -0.15) is 0 Å². The number of fused-ring (bicyclic) bond motifs is 1. The molecule has 0 aliphatic heterocycles. The van der Waals surface area contributed by atoms with Crippen molar-refractivity contribution in [2.45, 2.75) is 0 Å². The number of para-hydroxylation sites is 1. The molecule has 0 saturated carbocycles. The van der Waals surface area contributed by atoms with Gasteiger partial charge in [-0.3, -0.25) is 0 Å². The van der Waals surface area contributed by atoms with E-state index in [-0.39, 0.29) is 10.6 Å². The van der Waals surface area contributed by atoms with Crippen LogP contribution < -0.4 is 9.78 Å². The predicted molar refractivity (Wildman–Crippen MR) is 112 cm³/mol. The van der Waals surface area contributed by atoms with Crippen molar-refractivity contribution < 1.29 is 9.59 Å². The van der Waals surface area contributed by atoms with E-state index in [9.17, 15) is 9.59 Å². The molecule has 0 radical (unpaired) electrons. The SMILES string of the molecule is O=C([Se]c1ccccc1C(=O)Nc1cccc2cccnc12)c1ccccc1. The number of benzene rings is 3. The number of carbonyl (C=O) groups excluding carboxylic acids is 2. The van der Waals surface area contributed by atoms with Crippen molar-refractivity contribution >= 4 is 46.6 Å². The third kappa shape index (κ3) is 3.86. The molecule has 0 aliphatic rings. The number of rotatable bonds is 5. The van der Waals surface area contributed by atoms with Gasteiger partial charge < -0.3 is 0 Å². The molecule has 1 amide bonds. The average molecular weight is 431 g/mol. The quantitative estimate of drug-likeness (QED) is 0.491. The second-order valence-corrected chi connectivity index (χ2v) is 8.22. The molecule has 3 aromatic carbocycles.